The highest BCUT2D eigenvalue weighted by Crippen LogP contribution is 2.39. The van der Waals surface area contributed by atoms with Gasteiger partial charge in [-0.2, -0.15) is 0 Å². The molecule has 2 heterocycles. The number of hydrazine groups is 1. The molecule has 4 rings (SSSR count). The van der Waals surface area contributed by atoms with Crippen LogP contribution in [0.5, 0.6) is 0 Å². The lowest BCUT2D eigenvalue weighted by molar-refractivity contribution is 0.0697. The molecule has 0 fully saturated rings. The second-order valence-electron chi connectivity index (χ2n) is 6.34. The Morgan fingerprint density at radius 2 is 2.22 bits per heavy atom. The Labute approximate surface area is 135 Å². The van der Waals surface area contributed by atoms with E-state index in [2.05, 4.69) is 22.3 Å². The predicted octanol–water partition coefficient (Wildman–Crippen LogP) is 3.14. The molecule has 0 spiro atoms. The van der Waals surface area contributed by atoms with Crippen LogP contribution in [0.25, 0.3) is 16.6 Å². The normalized spacial score (nSPS) is 16.8. The van der Waals surface area contributed by atoms with Crippen LogP contribution < -0.4 is 5.43 Å². The smallest absolute Gasteiger partial charge is 0.335 e. The minimum absolute atomic E-state index is 0.353. The van der Waals surface area contributed by atoms with Crippen molar-refractivity contribution in [1.82, 2.24) is 15.4 Å². The van der Waals surface area contributed by atoms with Crippen LogP contribution in [0.1, 0.15) is 47.8 Å². The summed E-state index contributed by atoms with van der Waals surface area (Å²) < 4.78 is 0. The molecule has 0 radical (unpaired) electrons. The second-order valence-corrected chi connectivity index (χ2v) is 6.34. The van der Waals surface area contributed by atoms with Crippen LogP contribution in [0.15, 0.2) is 23.8 Å². The number of aromatic amines is 1. The fraction of sp³-hybridized carbons (Fsp3) is 0.389. The maximum atomic E-state index is 11.2. The van der Waals surface area contributed by atoms with E-state index < -0.39 is 5.97 Å². The van der Waals surface area contributed by atoms with Crippen LogP contribution in [0, 0.1) is 0 Å². The largest absolute Gasteiger partial charge is 0.478 e. The Morgan fingerprint density at radius 3 is 3.00 bits per heavy atom. The molecule has 23 heavy (non-hydrogen) atoms. The Kier molecular flexibility index (Phi) is 3.38. The maximum Gasteiger partial charge on any atom is 0.335 e. The number of fused-ring (bicyclic) bond motifs is 4. The summed E-state index contributed by atoms with van der Waals surface area (Å²) >= 11 is 0. The average molecular weight is 311 g/mol. The molecule has 0 atom stereocenters. The number of carboxylic acids is 1. The van der Waals surface area contributed by atoms with Crippen molar-refractivity contribution in [2.75, 3.05) is 13.1 Å². The van der Waals surface area contributed by atoms with Crippen LogP contribution in [0.4, 0.5) is 0 Å². The summed E-state index contributed by atoms with van der Waals surface area (Å²) in [5.74, 6) is -0.871. The van der Waals surface area contributed by atoms with Gasteiger partial charge in [-0.05, 0) is 48.6 Å². The van der Waals surface area contributed by atoms with Crippen LogP contribution in [0.3, 0.4) is 0 Å². The van der Waals surface area contributed by atoms with Crippen molar-refractivity contribution >= 4 is 22.6 Å². The van der Waals surface area contributed by atoms with Gasteiger partial charge in [-0.15, -0.1) is 0 Å². The van der Waals surface area contributed by atoms with E-state index in [1.165, 1.54) is 28.9 Å². The third-order valence-corrected chi connectivity index (χ3v) is 4.89. The maximum absolute atomic E-state index is 11.2. The molecule has 0 unspecified atom stereocenters. The monoisotopic (exact) mass is 311 g/mol. The lowest BCUT2D eigenvalue weighted by Gasteiger charge is -2.24. The highest BCUT2D eigenvalue weighted by molar-refractivity contribution is 5.97. The van der Waals surface area contributed by atoms with Crippen molar-refractivity contribution in [2.45, 2.75) is 32.6 Å². The zero-order valence-electron chi connectivity index (χ0n) is 13.3. The summed E-state index contributed by atoms with van der Waals surface area (Å²) in [5.41, 5.74) is 10.0. The number of benzene rings is 1. The number of hydrogen-bond donors (Lipinski definition) is 3. The fourth-order valence-electron chi connectivity index (χ4n) is 3.69. The number of aromatic nitrogens is 1. The number of carboxylic acid groups (broad SMARTS) is 1. The summed E-state index contributed by atoms with van der Waals surface area (Å²) in [6.07, 6.45) is 4.34. The van der Waals surface area contributed by atoms with Gasteiger partial charge in [-0.1, -0.05) is 13.3 Å². The van der Waals surface area contributed by atoms with Crippen molar-refractivity contribution in [1.29, 1.82) is 0 Å². The molecule has 2 aliphatic rings. The van der Waals surface area contributed by atoms with E-state index in [9.17, 15) is 9.90 Å². The fourth-order valence-corrected chi connectivity index (χ4v) is 3.69. The van der Waals surface area contributed by atoms with Gasteiger partial charge in [0.15, 0.2) is 0 Å². The first-order valence-corrected chi connectivity index (χ1v) is 8.30. The molecule has 3 N–H and O–H groups in total. The Balaban J connectivity index is 1.81. The van der Waals surface area contributed by atoms with Gasteiger partial charge in [0.05, 0.1) is 17.0 Å². The van der Waals surface area contributed by atoms with E-state index >= 15 is 0 Å². The standard InChI is InChI=1S/C18H21N3O2/c1-2-3-8-21-17-12(10-19-21)4-6-13-14-9-11(18(22)23)5-7-15(14)20-16(13)17/h5,7,9,19-20H,2-4,6,8,10H2,1H3,(H,22,23). The molecule has 2 aromatic rings. The topological polar surface area (TPSA) is 68.4 Å². The number of carbonyl (C=O) groups is 1. The predicted molar refractivity (Wildman–Crippen MR) is 90.1 cm³/mol. The summed E-state index contributed by atoms with van der Waals surface area (Å²) in [7, 11) is 0. The molecule has 1 aliphatic carbocycles. The zero-order chi connectivity index (χ0) is 16.0. The van der Waals surface area contributed by atoms with E-state index in [1.54, 1.807) is 12.1 Å². The summed E-state index contributed by atoms with van der Waals surface area (Å²) in [6.45, 7) is 4.13. The number of nitrogens with one attached hydrogen (secondary N) is 2. The van der Waals surface area contributed by atoms with Gasteiger partial charge in [0, 0.05) is 24.0 Å². The average Bonchev–Trinajstić information content (AvgIpc) is 3.12. The number of hydrogen-bond acceptors (Lipinski definition) is 3. The van der Waals surface area contributed by atoms with E-state index in [0.29, 0.717) is 5.56 Å². The van der Waals surface area contributed by atoms with Crippen LogP contribution in [0.2, 0.25) is 0 Å². The SMILES string of the molecule is CCCCN1NCC2=C1c1[nH]c3ccc(C(=O)O)cc3c1CC2. The van der Waals surface area contributed by atoms with Gasteiger partial charge < -0.3 is 15.1 Å². The van der Waals surface area contributed by atoms with Gasteiger partial charge in [-0.3, -0.25) is 0 Å². The molecular formula is C18H21N3O2. The third kappa shape index (κ3) is 2.23. The Morgan fingerprint density at radius 1 is 1.35 bits per heavy atom. The molecule has 1 aliphatic heterocycles. The Hall–Kier alpha value is -2.27. The number of aromatic carboxylic acids is 1. The third-order valence-electron chi connectivity index (χ3n) is 4.89. The molecule has 5 heteroatoms. The lowest BCUT2D eigenvalue weighted by Crippen LogP contribution is -2.32. The molecule has 0 saturated carbocycles. The number of rotatable bonds is 4. The van der Waals surface area contributed by atoms with E-state index in [4.69, 9.17) is 0 Å². The molecular weight excluding hydrogens is 290 g/mol. The first-order valence-electron chi connectivity index (χ1n) is 8.30. The van der Waals surface area contributed by atoms with Crippen molar-refractivity contribution in [3.05, 3.63) is 40.6 Å². The quantitative estimate of drug-likeness (QED) is 0.811. The van der Waals surface area contributed by atoms with Crippen molar-refractivity contribution in [2.24, 2.45) is 0 Å². The zero-order valence-corrected chi connectivity index (χ0v) is 13.3. The molecule has 1 aromatic carbocycles. The molecule has 0 amide bonds. The van der Waals surface area contributed by atoms with Crippen molar-refractivity contribution in [3.8, 4) is 0 Å². The summed E-state index contributed by atoms with van der Waals surface area (Å²) in [5, 5.41) is 12.6. The molecule has 5 nitrogen and oxygen atoms in total. The lowest BCUT2D eigenvalue weighted by atomic mass is 9.92. The van der Waals surface area contributed by atoms with Crippen LogP contribution >= 0.6 is 0 Å². The van der Waals surface area contributed by atoms with Gasteiger partial charge in [0.25, 0.3) is 0 Å². The first-order chi connectivity index (χ1) is 11.2. The number of H-pyrrole nitrogens is 1. The minimum atomic E-state index is -0.871. The number of unbranched alkanes of at least 4 members (excludes halogenated alkanes) is 1. The number of aryl methyl sites for hydroxylation is 1. The van der Waals surface area contributed by atoms with Gasteiger partial charge >= 0.3 is 5.97 Å². The summed E-state index contributed by atoms with van der Waals surface area (Å²) in [4.78, 5) is 14.8. The van der Waals surface area contributed by atoms with Gasteiger partial charge in [0.1, 0.15) is 0 Å². The minimum Gasteiger partial charge on any atom is -0.478 e. The highest BCUT2D eigenvalue weighted by atomic mass is 16.4. The molecule has 1 aromatic heterocycles. The van der Waals surface area contributed by atoms with Gasteiger partial charge in [0.2, 0.25) is 0 Å². The van der Waals surface area contributed by atoms with Crippen LogP contribution in [-0.2, 0) is 6.42 Å². The first kappa shape index (κ1) is 14.3. The molecule has 0 saturated heterocycles. The number of nitrogens with zero attached hydrogens (tertiary/aromatic N) is 1. The van der Waals surface area contributed by atoms with Crippen LogP contribution in [-0.4, -0.2) is 34.2 Å². The van der Waals surface area contributed by atoms with E-state index in [0.717, 1.165) is 43.3 Å². The van der Waals surface area contributed by atoms with Gasteiger partial charge in [-0.25, -0.2) is 10.2 Å². The second kappa shape index (κ2) is 5.42. The van der Waals surface area contributed by atoms with E-state index in [1.807, 2.05) is 6.07 Å². The Bertz CT molecular complexity index is 819. The van der Waals surface area contributed by atoms with Crippen molar-refractivity contribution in [3.63, 3.8) is 0 Å². The van der Waals surface area contributed by atoms with Crippen molar-refractivity contribution < 1.29 is 9.90 Å². The molecule has 120 valence electrons. The van der Waals surface area contributed by atoms with E-state index in [-0.39, 0.29) is 0 Å². The molecule has 0 bridgehead atoms. The highest BCUT2D eigenvalue weighted by Gasteiger charge is 2.30. The summed E-state index contributed by atoms with van der Waals surface area (Å²) in [6, 6.07) is 5.36.